The molecule has 2 aromatic rings. The number of benzene rings is 1. The number of nitrogens with zero attached hydrogens (tertiary/aromatic N) is 2. The molecule has 0 bridgehead atoms. The first-order chi connectivity index (χ1) is 14.4. The summed E-state index contributed by atoms with van der Waals surface area (Å²) in [5.41, 5.74) is 2.23. The normalized spacial score (nSPS) is 19.5. The number of aromatic amines is 1. The maximum Gasteiger partial charge on any atom is 0.191 e. The van der Waals surface area contributed by atoms with Crippen LogP contribution in [-0.2, 0) is 6.42 Å². The van der Waals surface area contributed by atoms with Crippen LogP contribution in [0.25, 0.3) is 10.9 Å². The molecule has 2 heterocycles. The van der Waals surface area contributed by atoms with Crippen molar-refractivity contribution >= 4 is 40.8 Å². The highest BCUT2D eigenvalue weighted by Gasteiger charge is 2.31. The van der Waals surface area contributed by atoms with Crippen molar-refractivity contribution in [2.24, 2.45) is 10.9 Å². The molecule has 0 amide bonds. The van der Waals surface area contributed by atoms with Crippen LogP contribution >= 0.6 is 24.0 Å². The molecule has 0 aliphatic carbocycles. The number of guanidine groups is 1. The number of aromatic nitrogens is 1. The fourth-order valence-electron chi connectivity index (χ4n) is 4.13. The van der Waals surface area contributed by atoms with Gasteiger partial charge in [-0.3, -0.25) is 9.89 Å². The van der Waals surface area contributed by atoms with E-state index < -0.39 is 0 Å². The van der Waals surface area contributed by atoms with Gasteiger partial charge in [-0.1, -0.05) is 6.92 Å². The number of hydrogen-bond donors (Lipinski definition) is 3. The second-order valence-corrected chi connectivity index (χ2v) is 8.46. The average Bonchev–Trinajstić information content (AvgIpc) is 3.32. The molecule has 174 valence electrons. The Hall–Kier alpha value is -1.68. The summed E-state index contributed by atoms with van der Waals surface area (Å²) in [6, 6.07) is 7.12. The third-order valence-corrected chi connectivity index (χ3v) is 6.02. The Labute approximate surface area is 203 Å². The first-order valence-electron chi connectivity index (χ1n) is 10.9. The van der Waals surface area contributed by atoms with Crippen molar-refractivity contribution in [2.75, 3.05) is 40.9 Å². The molecule has 1 aromatic carbocycles. The van der Waals surface area contributed by atoms with Gasteiger partial charge in [-0.25, -0.2) is 0 Å². The highest BCUT2D eigenvalue weighted by atomic mass is 127. The number of nitrogens with one attached hydrogen (secondary N) is 3. The van der Waals surface area contributed by atoms with Crippen LogP contribution in [0.15, 0.2) is 23.2 Å². The van der Waals surface area contributed by atoms with Crippen LogP contribution in [0.1, 0.15) is 32.9 Å². The summed E-state index contributed by atoms with van der Waals surface area (Å²) in [6.07, 6.45) is 1.95. The predicted molar refractivity (Wildman–Crippen MR) is 139 cm³/mol. The Balaban J connectivity index is 0.00000341. The van der Waals surface area contributed by atoms with Gasteiger partial charge in [0.05, 0.1) is 19.7 Å². The number of halogens is 1. The fourth-order valence-corrected chi connectivity index (χ4v) is 4.13. The molecule has 2 atom stereocenters. The minimum absolute atomic E-state index is 0. The van der Waals surface area contributed by atoms with Crippen molar-refractivity contribution in [3.63, 3.8) is 0 Å². The van der Waals surface area contributed by atoms with E-state index in [4.69, 9.17) is 9.47 Å². The number of hydrogen-bond acceptors (Lipinski definition) is 4. The van der Waals surface area contributed by atoms with E-state index in [2.05, 4.69) is 52.3 Å². The van der Waals surface area contributed by atoms with E-state index in [1.54, 1.807) is 14.2 Å². The van der Waals surface area contributed by atoms with Gasteiger partial charge in [0, 0.05) is 62.0 Å². The minimum Gasteiger partial charge on any atom is -0.497 e. The number of H-pyrrole nitrogens is 1. The van der Waals surface area contributed by atoms with Crippen molar-refractivity contribution < 1.29 is 9.47 Å². The van der Waals surface area contributed by atoms with Crippen LogP contribution in [0, 0.1) is 5.92 Å². The molecule has 1 saturated heterocycles. The van der Waals surface area contributed by atoms with Crippen molar-refractivity contribution in [3.8, 4) is 11.5 Å². The number of likely N-dealkylation sites (tertiary alicyclic amines) is 1. The van der Waals surface area contributed by atoms with Crippen LogP contribution in [0.4, 0.5) is 0 Å². The standard InChI is InChI=1S/C23H37N5O2.HI/c1-15(2)28-13-16(3)21(14-28)27-23(24-4)25-9-7-8-17-10-19-20(26-17)11-18(29-5)12-22(19)30-6;/h10-12,15-16,21,26H,7-9,13-14H2,1-6H3,(H2,24,25,27);1H. The van der Waals surface area contributed by atoms with Crippen molar-refractivity contribution in [1.29, 1.82) is 0 Å². The van der Waals surface area contributed by atoms with Gasteiger partial charge in [-0.05, 0) is 38.7 Å². The monoisotopic (exact) mass is 543 g/mol. The van der Waals surface area contributed by atoms with Gasteiger partial charge >= 0.3 is 0 Å². The molecule has 3 N–H and O–H groups in total. The zero-order chi connectivity index (χ0) is 21.7. The molecule has 0 radical (unpaired) electrons. The van der Waals surface area contributed by atoms with Gasteiger partial charge in [-0.15, -0.1) is 24.0 Å². The van der Waals surface area contributed by atoms with E-state index >= 15 is 0 Å². The highest BCUT2D eigenvalue weighted by Crippen LogP contribution is 2.31. The summed E-state index contributed by atoms with van der Waals surface area (Å²) < 4.78 is 10.9. The van der Waals surface area contributed by atoms with E-state index in [0.717, 1.165) is 60.8 Å². The summed E-state index contributed by atoms with van der Waals surface area (Å²) in [6.45, 7) is 9.91. The molecule has 3 rings (SSSR count). The number of fused-ring (bicyclic) bond motifs is 1. The molecular weight excluding hydrogens is 505 g/mol. The Bertz CT molecular complexity index is 867. The topological polar surface area (TPSA) is 73.9 Å². The molecule has 0 saturated carbocycles. The summed E-state index contributed by atoms with van der Waals surface area (Å²) in [5.74, 6) is 3.13. The predicted octanol–water partition coefficient (Wildman–Crippen LogP) is 3.63. The quantitative estimate of drug-likeness (QED) is 0.205. The molecule has 1 aromatic heterocycles. The lowest BCUT2D eigenvalue weighted by Gasteiger charge is -2.21. The summed E-state index contributed by atoms with van der Waals surface area (Å²) >= 11 is 0. The Morgan fingerprint density at radius 1 is 1.23 bits per heavy atom. The smallest absolute Gasteiger partial charge is 0.191 e. The molecule has 8 heteroatoms. The van der Waals surface area contributed by atoms with Crippen molar-refractivity contribution in [1.82, 2.24) is 20.5 Å². The number of rotatable bonds is 8. The molecule has 1 aliphatic heterocycles. The second kappa shape index (κ2) is 11.8. The zero-order valence-corrected chi connectivity index (χ0v) is 21.9. The lowest BCUT2D eigenvalue weighted by atomic mass is 10.1. The largest absolute Gasteiger partial charge is 0.497 e. The van der Waals surface area contributed by atoms with E-state index in [-0.39, 0.29) is 24.0 Å². The van der Waals surface area contributed by atoms with Gasteiger partial charge in [0.25, 0.3) is 0 Å². The lowest BCUT2D eigenvalue weighted by molar-refractivity contribution is 0.265. The third-order valence-electron chi connectivity index (χ3n) is 6.02. The molecule has 7 nitrogen and oxygen atoms in total. The molecule has 1 fully saturated rings. The van der Waals surface area contributed by atoms with Crippen LogP contribution < -0.4 is 20.1 Å². The summed E-state index contributed by atoms with van der Waals surface area (Å²) in [7, 11) is 5.20. The number of methoxy groups -OCH3 is 2. The fraction of sp³-hybridized carbons (Fsp3) is 0.609. The van der Waals surface area contributed by atoms with Crippen LogP contribution in [0.2, 0.25) is 0 Å². The Kier molecular flexibility index (Phi) is 9.74. The van der Waals surface area contributed by atoms with Crippen LogP contribution in [0.3, 0.4) is 0 Å². The summed E-state index contributed by atoms with van der Waals surface area (Å²) in [5, 5.41) is 8.16. The van der Waals surface area contributed by atoms with Gasteiger partial charge in [-0.2, -0.15) is 0 Å². The zero-order valence-electron chi connectivity index (χ0n) is 19.6. The number of aryl methyl sites for hydroxylation is 1. The minimum atomic E-state index is 0. The van der Waals surface area contributed by atoms with E-state index in [9.17, 15) is 0 Å². The van der Waals surface area contributed by atoms with E-state index in [0.29, 0.717) is 18.0 Å². The second-order valence-electron chi connectivity index (χ2n) is 8.46. The molecule has 31 heavy (non-hydrogen) atoms. The third kappa shape index (κ3) is 6.41. The van der Waals surface area contributed by atoms with Gasteiger partial charge in [0.1, 0.15) is 11.5 Å². The summed E-state index contributed by atoms with van der Waals surface area (Å²) in [4.78, 5) is 10.4. The highest BCUT2D eigenvalue weighted by molar-refractivity contribution is 14.0. The first-order valence-corrected chi connectivity index (χ1v) is 10.9. The van der Waals surface area contributed by atoms with Crippen molar-refractivity contribution in [2.45, 2.75) is 45.7 Å². The van der Waals surface area contributed by atoms with Crippen molar-refractivity contribution in [3.05, 3.63) is 23.9 Å². The Morgan fingerprint density at radius 2 is 2.00 bits per heavy atom. The maximum absolute atomic E-state index is 5.51. The van der Waals surface area contributed by atoms with Gasteiger partial charge < -0.3 is 25.1 Å². The van der Waals surface area contributed by atoms with Gasteiger partial charge in [0.15, 0.2) is 5.96 Å². The number of ether oxygens (including phenoxy) is 2. The molecule has 2 unspecified atom stereocenters. The van der Waals surface area contributed by atoms with Crippen LogP contribution in [0.5, 0.6) is 11.5 Å². The first kappa shape index (κ1) is 25.6. The SMILES string of the molecule is CN=C(NCCCc1cc2c(OC)cc(OC)cc2[nH]1)NC1CN(C(C)C)CC1C.I. The average molecular weight is 543 g/mol. The van der Waals surface area contributed by atoms with Crippen LogP contribution in [-0.4, -0.2) is 68.8 Å². The molecular formula is C23H38IN5O2. The maximum atomic E-state index is 5.51. The Morgan fingerprint density at radius 3 is 2.61 bits per heavy atom. The number of aliphatic imine (C=N–C) groups is 1. The van der Waals surface area contributed by atoms with E-state index in [1.165, 1.54) is 5.69 Å². The van der Waals surface area contributed by atoms with Gasteiger partial charge in [0.2, 0.25) is 0 Å². The van der Waals surface area contributed by atoms with E-state index in [1.807, 2.05) is 19.2 Å². The molecule has 1 aliphatic rings. The lowest BCUT2D eigenvalue weighted by Crippen LogP contribution is -2.47. The molecule has 0 spiro atoms.